The average molecular weight is 425 g/mol. The monoisotopic (exact) mass is 424 g/mol. The predicted molar refractivity (Wildman–Crippen MR) is 105 cm³/mol. The molecule has 1 aliphatic rings. The number of carbonyl (C=O) groups excluding carboxylic acids is 1. The molecule has 0 radical (unpaired) electrons. The summed E-state index contributed by atoms with van der Waals surface area (Å²) in [6.45, 7) is 3.90. The molecule has 0 spiro atoms. The number of benzene rings is 2. The number of carbonyl (C=O) groups is 1. The molecular formula is C18H20N2O6S2. The molecule has 10 heteroatoms. The molecular weight excluding hydrogens is 404 g/mol. The van der Waals surface area contributed by atoms with E-state index in [0.717, 1.165) is 4.31 Å². The van der Waals surface area contributed by atoms with Gasteiger partial charge in [-0.05, 0) is 55.5 Å². The maximum absolute atomic E-state index is 12.5. The Hall–Kier alpha value is -2.59. The van der Waals surface area contributed by atoms with Crippen molar-refractivity contribution < 1.29 is 26.4 Å². The van der Waals surface area contributed by atoms with Gasteiger partial charge in [-0.25, -0.2) is 21.1 Å². The summed E-state index contributed by atoms with van der Waals surface area (Å²) in [5.74, 6) is -0.788. The number of amides is 1. The Bertz CT molecular complexity index is 1080. The molecule has 8 nitrogen and oxygen atoms in total. The van der Waals surface area contributed by atoms with E-state index < -0.39 is 31.9 Å². The van der Waals surface area contributed by atoms with Crippen molar-refractivity contribution in [1.29, 1.82) is 0 Å². The van der Waals surface area contributed by atoms with Gasteiger partial charge in [-0.15, -0.1) is 0 Å². The number of nitrogens with one attached hydrogen (secondary N) is 1. The second-order valence-electron chi connectivity index (χ2n) is 6.34. The topological polar surface area (TPSA) is 110 Å². The molecule has 0 unspecified atom stereocenters. The van der Waals surface area contributed by atoms with E-state index in [0.29, 0.717) is 18.0 Å². The Balaban J connectivity index is 1.81. The van der Waals surface area contributed by atoms with Crippen molar-refractivity contribution in [2.75, 3.05) is 21.4 Å². The van der Waals surface area contributed by atoms with Crippen molar-refractivity contribution in [3.63, 3.8) is 0 Å². The molecule has 1 saturated heterocycles. The van der Waals surface area contributed by atoms with E-state index in [4.69, 9.17) is 4.74 Å². The van der Waals surface area contributed by atoms with Crippen LogP contribution >= 0.6 is 0 Å². The maximum atomic E-state index is 12.5. The molecule has 0 saturated carbocycles. The first-order valence-corrected chi connectivity index (χ1v) is 11.7. The lowest BCUT2D eigenvalue weighted by Crippen LogP contribution is -2.30. The van der Waals surface area contributed by atoms with Gasteiger partial charge in [0.15, 0.2) is 0 Å². The van der Waals surface area contributed by atoms with Crippen LogP contribution in [0.15, 0.2) is 53.4 Å². The third-order valence-corrected chi connectivity index (χ3v) is 7.43. The summed E-state index contributed by atoms with van der Waals surface area (Å²) in [4.78, 5) is 12.1. The summed E-state index contributed by atoms with van der Waals surface area (Å²) in [6, 6.07) is 11.6. The van der Waals surface area contributed by atoms with E-state index in [2.05, 4.69) is 4.72 Å². The number of rotatable bonds is 6. The first-order valence-electron chi connectivity index (χ1n) is 8.56. The summed E-state index contributed by atoms with van der Waals surface area (Å²) < 4.78 is 57.9. The van der Waals surface area contributed by atoms with Gasteiger partial charge >= 0.3 is 0 Å². The van der Waals surface area contributed by atoms with Crippen LogP contribution in [-0.4, -0.2) is 35.1 Å². The third kappa shape index (κ3) is 3.97. The summed E-state index contributed by atoms with van der Waals surface area (Å²) in [6.07, 6.45) is 0. The fraction of sp³-hybridized carbons (Fsp3) is 0.278. The summed E-state index contributed by atoms with van der Waals surface area (Å²) >= 11 is 0. The molecule has 0 bridgehead atoms. The highest BCUT2D eigenvalue weighted by Crippen LogP contribution is 2.29. The van der Waals surface area contributed by atoms with Crippen LogP contribution in [0.5, 0.6) is 5.75 Å². The van der Waals surface area contributed by atoms with Crippen molar-refractivity contribution in [2.45, 2.75) is 18.7 Å². The average Bonchev–Trinajstić information content (AvgIpc) is 2.84. The Morgan fingerprint density at radius 3 is 2.21 bits per heavy atom. The van der Waals surface area contributed by atoms with Crippen LogP contribution in [0.3, 0.4) is 0 Å². The number of nitrogens with zero attached hydrogens (tertiary/aromatic N) is 1. The number of sulfonamides is 2. The molecule has 1 N–H and O–H groups in total. The summed E-state index contributed by atoms with van der Waals surface area (Å²) in [5.41, 5.74) is 0.480. The largest absolute Gasteiger partial charge is 0.494 e. The first kappa shape index (κ1) is 20.2. The number of ether oxygens (including phenoxy) is 1. The summed E-state index contributed by atoms with van der Waals surface area (Å²) in [5, 5.41) is 0. The quantitative estimate of drug-likeness (QED) is 0.761. The summed E-state index contributed by atoms with van der Waals surface area (Å²) in [7, 11) is -7.61. The molecule has 1 heterocycles. The number of hydrogen-bond acceptors (Lipinski definition) is 6. The molecule has 2 aromatic carbocycles. The zero-order valence-electron chi connectivity index (χ0n) is 15.3. The lowest BCUT2D eigenvalue weighted by molar-refractivity contribution is -0.119. The minimum Gasteiger partial charge on any atom is -0.494 e. The van der Waals surface area contributed by atoms with E-state index in [9.17, 15) is 21.6 Å². The van der Waals surface area contributed by atoms with Crippen LogP contribution in [0.2, 0.25) is 0 Å². The van der Waals surface area contributed by atoms with E-state index in [1.165, 1.54) is 24.3 Å². The molecule has 2 aromatic rings. The molecule has 28 heavy (non-hydrogen) atoms. The van der Waals surface area contributed by atoms with Gasteiger partial charge in [0, 0.05) is 5.69 Å². The minimum atomic E-state index is -3.88. The van der Waals surface area contributed by atoms with Gasteiger partial charge in [-0.2, -0.15) is 0 Å². The van der Waals surface area contributed by atoms with Gasteiger partial charge < -0.3 is 4.74 Å². The van der Waals surface area contributed by atoms with Gasteiger partial charge in [0.25, 0.3) is 10.0 Å². The highest BCUT2D eigenvalue weighted by atomic mass is 32.2. The Kier molecular flexibility index (Phi) is 5.35. The normalized spacial score (nSPS) is 18.9. The van der Waals surface area contributed by atoms with E-state index in [1.54, 1.807) is 31.2 Å². The fourth-order valence-electron chi connectivity index (χ4n) is 2.85. The van der Waals surface area contributed by atoms with E-state index in [1.807, 2.05) is 6.92 Å². The second-order valence-corrected chi connectivity index (χ2v) is 9.88. The second kappa shape index (κ2) is 7.44. The number of anilines is 2. The zero-order valence-corrected chi connectivity index (χ0v) is 17.0. The van der Waals surface area contributed by atoms with Crippen molar-refractivity contribution in [2.24, 2.45) is 5.92 Å². The van der Waals surface area contributed by atoms with Gasteiger partial charge in [0.2, 0.25) is 15.9 Å². The molecule has 0 aliphatic carbocycles. The molecule has 1 fully saturated rings. The number of hydrogen-bond donors (Lipinski definition) is 1. The van der Waals surface area contributed by atoms with Gasteiger partial charge in [-0.1, -0.05) is 6.92 Å². The van der Waals surface area contributed by atoms with Crippen LogP contribution in [0, 0.1) is 5.92 Å². The van der Waals surface area contributed by atoms with Crippen molar-refractivity contribution in [1.82, 2.24) is 0 Å². The Morgan fingerprint density at radius 2 is 1.71 bits per heavy atom. The zero-order chi connectivity index (χ0) is 20.5. The van der Waals surface area contributed by atoms with Crippen LogP contribution in [0.1, 0.15) is 13.8 Å². The third-order valence-electron chi connectivity index (χ3n) is 4.16. The van der Waals surface area contributed by atoms with Gasteiger partial charge in [0.1, 0.15) is 5.75 Å². The standard InChI is InChI=1S/C18H20N2O6S2/c1-3-26-16-8-4-14(5-9-16)19-28(24,25)17-10-6-15(7-11-17)20-18(21)13(2)12-27(20,22)23/h4-11,13,19H,3,12H2,1-2H3/t13-/m0/s1. The molecule has 1 aliphatic heterocycles. The highest BCUT2D eigenvalue weighted by molar-refractivity contribution is 7.94. The first-order chi connectivity index (χ1) is 13.1. The highest BCUT2D eigenvalue weighted by Gasteiger charge is 2.41. The van der Waals surface area contributed by atoms with Crippen LogP contribution < -0.4 is 13.8 Å². The van der Waals surface area contributed by atoms with Crippen molar-refractivity contribution in [3.05, 3.63) is 48.5 Å². The maximum Gasteiger partial charge on any atom is 0.261 e. The molecule has 1 amide bonds. The van der Waals surface area contributed by atoms with Crippen LogP contribution in [-0.2, 0) is 24.8 Å². The van der Waals surface area contributed by atoms with Gasteiger partial charge in [-0.3, -0.25) is 9.52 Å². The van der Waals surface area contributed by atoms with Crippen LogP contribution in [0.4, 0.5) is 11.4 Å². The lowest BCUT2D eigenvalue weighted by Gasteiger charge is -2.16. The van der Waals surface area contributed by atoms with Gasteiger partial charge in [0.05, 0.1) is 28.9 Å². The Morgan fingerprint density at radius 1 is 1.11 bits per heavy atom. The van der Waals surface area contributed by atoms with E-state index in [-0.39, 0.29) is 16.3 Å². The molecule has 0 aromatic heterocycles. The molecule has 3 rings (SSSR count). The molecule has 150 valence electrons. The SMILES string of the molecule is CCOc1ccc(NS(=O)(=O)c2ccc(N3C(=O)[C@@H](C)CS3(=O)=O)cc2)cc1. The van der Waals surface area contributed by atoms with Crippen molar-refractivity contribution in [3.8, 4) is 5.75 Å². The fourth-order valence-corrected chi connectivity index (χ4v) is 5.73. The smallest absolute Gasteiger partial charge is 0.261 e. The molecule has 1 atom stereocenters. The Labute approximate surface area is 164 Å². The van der Waals surface area contributed by atoms with Crippen LogP contribution in [0.25, 0.3) is 0 Å². The van der Waals surface area contributed by atoms with Crippen molar-refractivity contribution >= 4 is 37.3 Å². The van der Waals surface area contributed by atoms with E-state index >= 15 is 0 Å². The minimum absolute atomic E-state index is 0.0535. The lowest BCUT2D eigenvalue weighted by atomic mass is 10.2. The predicted octanol–water partition coefficient (Wildman–Crippen LogP) is 2.20.